The van der Waals surface area contributed by atoms with Gasteiger partial charge in [-0.1, -0.05) is 6.92 Å². The van der Waals surface area contributed by atoms with Crippen molar-refractivity contribution in [3.8, 4) is 0 Å². The average Bonchev–Trinajstić information content (AvgIpc) is 2.27. The molecule has 0 aromatic carbocycles. The highest BCUT2D eigenvalue weighted by atomic mass is 16.4. The zero-order valence-corrected chi connectivity index (χ0v) is 10.2. The normalized spacial score (nSPS) is 29.7. The minimum atomic E-state index is -0.668. The van der Waals surface area contributed by atoms with Crippen LogP contribution in [0.25, 0.3) is 0 Å². The topological polar surface area (TPSA) is 69.6 Å². The molecule has 1 rings (SSSR count). The van der Waals surface area contributed by atoms with E-state index in [4.69, 9.17) is 5.11 Å². The van der Waals surface area contributed by atoms with Crippen molar-refractivity contribution in [3.05, 3.63) is 0 Å². The minimum absolute atomic E-state index is 0.162. The zero-order chi connectivity index (χ0) is 12.2. The largest absolute Gasteiger partial charge is 0.481 e. The molecule has 1 aliphatic rings. The van der Waals surface area contributed by atoms with Crippen LogP contribution in [0.15, 0.2) is 0 Å². The second-order valence-corrected chi connectivity index (χ2v) is 5.12. The van der Waals surface area contributed by atoms with Gasteiger partial charge in [-0.25, -0.2) is 0 Å². The molecule has 0 spiro atoms. The van der Waals surface area contributed by atoms with Crippen LogP contribution in [0.5, 0.6) is 0 Å². The van der Waals surface area contributed by atoms with Crippen molar-refractivity contribution in [1.29, 1.82) is 0 Å². The number of carboxylic acids is 1. The number of aliphatic hydroxyl groups is 1. The van der Waals surface area contributed by atoms with Gasteiger partial charge in [-0.05, 0) is 39.0 Å². The van der Waals surface area contributed by atoms with Gasteiger partial charge in [-0.2, -0.15) is 0 Å². The quantitative estimate of drug-likeness (QED) is 0.666. The summed E-state index contributed by atoms with van der Waals surface area (Å²) in [6.45, 7) is 4.37. The Balaban J connectivity index is 2.25. The number of carbonyl (C=O) groups is 1. The Morgan fingerprint density at radius 1 is 1.38 bits per heavy atom. The van der Waals surface area contributed by atoms with Crippen LogP contribution in [0.1, 0.15) is 46.0 Å². The van der Waals surface area contributed by atoms with Gasteiger partial charge in [0.15, 0.2) is 0 Å². The fourth-order valence-corrected chi connectivity index (χ4v) is 2.03. The van der Waals surface area contributed by atoms with Crippen molar-refractivity contribution in [2.75, 3.05) is 6.54 Å². The summed E-state index contributed by atoms with van der Waals surface area (Å²) >= 11 is 0. The van der Waals surface area contributed by atoms with Crippen molar-refractivity contribution in [3.63, 3.8) is 0 Å². The first-order chi connectivity index (χ1) is 7.44. The number of hydrogen-bond donors (Lipinski definition) is 3. The molecule has 94 valence electrons. The summed E-state index contributed by atoms with van der Waals surface area (Å²) in [7, 11) is 0. The van der Waals surface area contributed by atoms with E-state index in [1.807, 2.05) is 13.8 Å². The molecule has 0 bridgehead atoms. The highest BCUT2D eigenvalue weighted by molar-refractivity contribution is 5.70. The predicted molar refractivity (Wildman–Crippen MR) is 62.3 cm³/mol. The second kappa shape index (κ2) is 5.64. The van der Waals surface area contributed by atoms with Gasteiger partial charge in [0.2, 0.25) is 0 Å². The molecule has 1 atom stereocenters. The third kappa shape index (κ3) is 4.10. The molecular weight excluding hydrogens is 206 g/mol. The number of hydrogen-bond acceptors (Lipinski definition) is 3. The highest BCUT2D eigenvalue weighted by Crippen LogP contribution is 2.24. The van der Waals surface area contributed by atoms with E-state index in [9.17, 15) is 9.90 Å². The Hall–Kier alpha value is -0.610. The summed E-state index contributed by atoms with van der Waals surface area (Å²) in [6.07, 6.45) is 4.03. The molecule has 0 amide bonds. The second-order valence-electron chi connectivity index (χ2n) is 5.12. The van der Waals surface area contributed by atoms with Gasteiger partial charge in [0.1, 0.15) is 0 Å². The van der Waals surface area contributed by atoms with E-state index in [2.05, 4.69) is 5.32 Å². The number of aliphatic carboxylic acids is 1. The monoisotopic (exact) mass is 229 g/mol. The molecule has 0 heterocycles. The molecule has 0 aromatic rings. The predicted octanol–water partition coefficient (Wildman–Crippen LogP) is 1.38. The molecule has 0 aliphatic heterocycles. The van der Waals surface area contributed by atoms with E-state index >= 15 is 0 Å². The van der Waals surface area contributed by atoms with Gasteiger partial charge in [0.05, 0.1) is 11.5 Å². The zero-order valence-electron chi connectivity index (χ0n) is 10.2. The lowest BCUT2D eigenvalue weighted by atomic mass is 9.86. The van der Waals surface area contributed by atoms with Crippen LogP contribution in [0.3, 0.4) is 0 Å². The van der Waals surface area contributed by atoms with E-state index in [0.717, 1.165) is 32.1 Å². The number of nitrogens with one attached hydrogen (secondary N) is 1. The lowest BCUT2D eigenvalue weighted by molar-refractivity contribution is -0.142. The van der Waals surface area contributed by atoms with Crippen LogP contribution in [0, 0.1) is 5.92 Å². The summed E-state index contributed by atoms with van der Waals surface area (Å²) in [6, 6.07) is 0.369. The van der Waals surface area contributed by atoms with E-state index in [1.165, 1.54) is 0 Å². The number of carboxylic acid groups (broad SMARTS) is 1. The summed E-state index contributed by atoms with van der Waals surface area (Å²) in [5.74, 6) is -0.830. The van der Waals surface area contributed by atoms with E-state index in [1.54, 1.807) is 0 Å². The van der Waals surface area contributed by atoms with E-state index < -0.39 is 11.6 Å². The van der Waals surface area contributed by atoms with Gasteiger partial charge < -0.3 is 15.5 Å². The van der Waals surface area contributed by atoms with Gasteiger partial charge >= 0.3 is 5.97 Å². The Labute approximate surface area is 97.0 Å². The maximum Gasteiger partial charge on any atom is 0.306 e. The standard InChI is InChI=1S/C12H23NO3/c1-3-12(2,16)8-13-10-6-4-9(5-7-10)11(14)15/h9-10,13,16H,3-8H2,1-2H3,(H,14,15). The fraction of sp³-hybridized carbons (Fsp3) is 0.917. The maximum absolute atomic E-state index is 10.8. The minimum Gasteiger partial charge on any atom is -0.481 e. The Bertz CT molecular complexity index is 232. The van der Waals surface area contributed by atoms with Gasteiger partial charge in [-0.3, -0.25) is 4.79 Å². The van der Waals surface area contributed by atoms with Crippen LogP contribution < -0.4 is 5.32 Å². The van der Waals surface area contributed by atoms with Crippen LogP contribution in [0.2, 0.25) is 0 Å². The average molecular weight is 229 g/mol. The SMILES string of the molecule is CCC(C)(O)CNC1CCC(C(=O)O)CC1. The van der Waals surface area contributed by atoms with Crippen molar-refractivity contribution < 1.29 is 15.0 Å². The summed E-state index contributed by atoms with van der Waals surface area (Å²) in [5, 5.41) is 22.0. The lowest BCUT2D eigenvalue weighted by Crippen LogP contribution is -2.43. The van der Waals surface area contributed by atoms with Crippen LogP contribution in [-0.2, 0) is 4.79 Å². The summed E-state index contributed by atoms with van der Waals surface area (Å²) in [5.41, 5.74) is -0.649. The molecule has 1 aliphatic carbocycles. The maximum atomic E-state index is 10.8. The van der Waals surface area contributed by atoms with Crippen LogP contribution in [0.4, 0.5) is 0 Å². The van der Waals surface area contributed by atoms with Crippen molar-refractivity contribution in [1.82, 2.24) is 5.32 Å². The molecule has 4 nitrogen and oxygen atoms in total. The number of rotatable bonds is 5. The van der Waals surface area contributed by atoms with Crippen molar-refractivity contribution in [2.24, 2.45) is 5.92 Å². The first-order valence-corrected chi connectivity index (χ1v) is 6.13. The molecule has 1 saturated carbocycles. The molecule has 0 saturated heterocycles. The molecule has 1 fully saturated rings. The van der Waals surface area contributed by atoms with E-state index in [0.29, 0.717) is 12.6 Å². The van der Waals surface area contributed by atoms with Crippen LogP contribution >= 0.6 is 0 Å². The Kier molecular flexibility index (Phi) is 4.74. The van der Waals surface area contributed by atoms with Gasteiger partial charge in [0, 0.05) is 12.6 Å². The molecule has 1 unspecified atom stereocenters. The van der Waals surface area contributed by atoms with Crippen molar-refractivity contribution in [2.45, 2.75) is 57.6 Å². The highest BCUT2D eigenvalue weighted by Gasteiger charge is 2.27. The van der Waals surface area contributed by atoms with Gasteiger partial charge in [0.25, 0.3) is 0 Å². The van der Waals surface area contributed by atoms with Gasteiger partial charge in [-0.15, -0.1) is 0 Å². The molecule has 16 heavy (non-hydrogen) atoms. The third-order valence-corrected chi connectivity index (χ3v) is 3.61. The molecule has 4 heteroatoms. The van der Waals surface area contributed by atoms with Crippen LogP contribution in [-0.4, -0.2) is 34.4 Å². The summed E-state index contributed by atoms with van der Waals surface area (Å²) < 4.78 is 0. The third-order valence-electron chi connectivity index (χ3n) is 3.61. The molecule has 0 aromatic heterocycles. The Morgan fingerprint density at radius 3 is 2.38 bits per heavy atom. The van der Waals surface area contributed by atoms with E-state index in [-0.39, 0.29) is 5.92 Å². The van der Waals surface area contributed by atoms with Crippen molar-refractivity contribution >= 4 is 5.97 Å². The molecule has 0 radical (unpaired) electrons. The fourth-order valence-electron chi connectivity index (χ4n) is 2.03. The summed E-state index contributed by atoms with van der Waals surface area (Å²) in [4.78, 5) is 10.8. The Morgan fingerprint density at radius 2 is 1.94 bits per heavy atom. The lowest BCUT2D eigenvalue weighted by Gasteiger charge is -2.30. The first-order valence-electron chi connectivity index (χ1n) is 6.13. The first kappa shape index (κ1) is 13.5. The molecule has 3 N–H and O–H groups in total. The molecular formula is C12H23NO3. The smallest absolute Gasteiger partial charge is 0.306 e.